The van der Waals surface area contributed by atoms with E-state index in [-0.39, 0.29) is 11.7 Å². The molecule has 206 valence electrons. The maximum absolute atomic E-state index is 13.1. The molecule has 1 fully saturated rings. The second-order valence-electron chi connectivity index (χ2n) is 9.83. The molecule has 3 aromatic rings. The first-order chi connectivity index (χ1) is 19.3. The van der Waals surface area contributed by atoms with Crippen LogP contribution in [-0.2, 0) is 10.9 Å². The Morgan fingerprint density at radius 3 is 2.75 bits per heavy atom. The van der Waals surface area contributed by atoms with E-state index in [1.54, 1.807) is 18.3 Å². The third-order valence-electron chi connectivity index (χ3n) is 7.09. The summed E-state index contributed by atoms with van der Waals surface area (Å²) < 4.78 is 44.7. The lowest BCUT2D eigenvalue weighted by Crippen LogP contribution is -2.33. The van der Waals surface area contributed by atoms with Crippen molar-refractivity contribution >= 4 is 40.8 Å². The fraction of sp³-hybridized carbons (Fsp3) is 0.321. The second-order valence-corrected chi connectivity index (χ2v) is 9.83. The molecule has 1 aromatic carbocycles. The molecule has 0 bridgehead atoms. The third kappa shape index (κ3) is 5.14. The predicted molar refractivity (Wildman–Crippen MR) is 145 cm³/mol. The Labute approximate surface area is 228 Å². The van der Waals surface area contributed by atoms with Crippen molar-refractivity contribution in [3.63, 3.8) is 0 Å². The van der Waals surface area contributed by atoms with Gasteiger partial charge in [-0.15, -0.1) is 0 Å². The predicted octanol–water partition coefficient (Wildman–Crippen LogP) is 4.81. The number of anilines is 3. The molecule has 0 unspecified atom stereocenters. The van der Waals surface area contributed by atoms with Gasteiger partial charge in [-0.05, 0) is 61.2 Å². The quantitative estimate of drug-likeness (QED) is 0.471. The Hall–Kier alpha value is -4.32. The van der Waals surface area contributed by atoms with Crippen LogP contribution in [0.4, 0.5) is 30.6 Å². The number of halogens is 3. The van der Waals surface area contributed by atoms with Crippen LogP contribution in [0.2, 0.25) is 0 Å². The number of aliphatic imine (C=N–C) groups is 1. The normalized spacial score (nSPS) is 17.1. The number of alkyl halides is 3. The largest absolute Gasteiger partial charge is 0.416 e. The number of carbonyl (C=O) groups excluding carboxylic acids is 1. The summed E-state index contributed by atoms with van der Waals surface area (Å²) in [5.74, 6) is 1.39. The Morgan fingerprint density at radius 2 is 1.95 bits per heavy atom. The molecule has 3 aliphatic heterocycles. The SMILES string of the molecule is Cc1ccc(NC(=O)c2cc(C(F)(F)F)ccn2)cc1C1=Cc2cnc(NC3CCOCC3)nc2N2CCN=C12. The topological polar surface area (TPSA) is 105 Å². The number of amidine groups is 1. The maximum Gasteiger partial charge on any atom is 0.416 e. The van der Waals surface area contributed by atoms with Gasteiger partial charge in [-0.1, -0.05) is 6.07 Å². The lowest BCUT2D eigenvalue weighted by molar-refractivity contribution is -0.137. The molecule has 0 spiro atoms. The molecule has 40 heavy (non-hydrogen) atoms. The number of nitrogens with one attached hydrogen (secondary N) is 2. The minimum Gasteiger partial charge on any atom is -0.381 e. The van der Waals surface area contributed by atoms with Gasteiger partial charge in [-0.3, -0.25) is 14.8 Å². The van der Waals surface area contributed by atoms with E-state index in [1.165, 1.54) is 0 Å². The highest BCUT2D eigenvalue weighted by Gasteiger charge is 2.33. The number of benzene rings is 1. The van der Waals surface area contributed by atoms with Crippen molar-refractivity contribution in [3.8, 4) is 0 Å². The number of aryl methyl sites for hydroxylation is 1. The zero-order valence-corrected chi connectivity index (χ0v) is 21.6. The van der Waals surface area contributed by atoms with Crippen molar-refractivity contribution in [2.45, 2.75) is 32.0 Å². The Bertz CT molecular complexity index is 1530. The standard InChI is InChI=1S/C28H26F3N7O2/c1-16-2-3-20(35-26(39)23-13-18(4-7-32-23)28(29,30)31)14-21(16)22-12-17-15-34-27(36-19-5-10-40-11-6-19)37-24(17)38-9-8-33-25(22)38/h2-4,7,12-15,19H,5-6,8-11H2,1H3,(H,35,39)(H,34,36,37). The van der Waals surface area contributed by atoms with Gasteiger partial charge in [0.15, 0.2) is 0 Å². The van der Waals surface area contributed by atoms with E-state index >= 15 is 0 Å². The zero-order chi connectivity index (χ0) is 27.9. The van der Waals surface area contributed by atoms with Crippen LogP contribution in [0, 0.1) is 6.92 Å². The number of carbonyl (C=O) groups is 1. The molecular formula is C28H26F3N7O2. The number of aromatic nitrogens is 3. The van der Waals surface area contributed by atoms with Crippen LogP contribution >= 0.6 is 0 Å². The zero-order valence-electron chi connectivity index (χ0n) is 21.6. The summed E-state index contributed by atoms with van der Waals surface area (Å²) in [6.45, 7) is 4.66. The summed E-state index contributed by atoms with van der Waals surface area (Å²) in [5, 5.41) is 6.09. The van der Waals surface area contributed by atoms with Gasteiger partial charge in [-0.25, -0.2) is 4.98 Å². The van der Waals surface area contributed by atoms with Gasteiger partial charge in [0.25, 0.3) is 5.91 Å². The van der Waals surface area contributed by atoms with Gasteiger partial charge < -0.3 is 20.3 Å². The molecule has 12 heteroatoms. The highest BCUT2D eigenvalue weighted by molar-refractivity contribution is 6.36. The summed E-state index contributed by atoms with van der Waals surface area (Å²) in [4.78, 5) is 32.8. The van der Waals surface area contributed by atoms with Crippen LogP contribution in [0.1, 0.15) is 45.6 Å². The molecule has 9 nitrogen and oxygen atoms in total. The molecule has 3 aliphatic rings. The van der Waals surface area contributed by atoms with Crippen molar-refractivity contribution in [1.82, 2.24) is 15.0 Å². The molecule has 2 N–H and O–H groups in total. The van der Waals surface area contributed by atoms with Crippen molar-refractivity contribution in [2.24, 2.45) is 4.99 Å². The fourth-order valence-corrected chi connectivity index (χ4v) is 5.01. The molecule has 6 rings (SSSR count). The molecule has 0 atom stereocenters. The van der Waals surface area contributed by atoms with Gasteiger partial charge in [-0.2, -0.15) is 18.2 Å². The first-order valence-electron chi connectivity index (χ1n) is 13.0. The highest BCUT2D eigenvalue weighted by Crippen LogP contribution is 2.37. The van der Waals surface area contributed by atoms with E-state index in [0.29, 0.717) is 37.9 Å². The minimum absolute atomic E-state index is 0.264. The van der Waals surface area contributed by atoms with Gasteiger partial charge >= 0.3 is 6.18 Å². The minimum atomic E-state index is -4.57. The summed E-state index contributed by atoms with van der Waals surface area (Å²) >= 11 is 0. The van der Waals surface area contributed by atoms with E-state index in [0.717, 1.165) is 65.1 Å². The Kier molecular flexibility index (Phi) is 6.70. The summed E-state index contributed by atoms with van der Waals surface area (Å²) in [6.07, 6.45) is 1.98. The van der Waals surface area contributed by atoms with E-state index in [1.807, 2.05) is 19.1 Å². The van der Waals surface area contributed by atoms with Gasteiger partial charge in [0.1, 0.15) is 17.3 Å². The summed E-state index contributed by atoms with van der Waals surface area (Å²) in [5.41, 5.74) is 2.63. The van der Waals surface area contributed by atoms with E-state index in [4.69, 9.17) is 14.7 Å². The van der Waals surface area contributed by atoms with Gasteiger partial charge in [0, 0.05) is 55.0 Å². The molecule has 2 aromatic heterocycles. The molecule has 0 saturated carbocycles. The number of pyridine rings is 1. The van der Waals surface area contributed by atoms with Crippen LogP contribution in [0.5, 0.6) is 0 Å². The van der Waals surface area contributed by atoms with Gasteiger partial charge in [0.05, 0.1) is 12.1 Å². The highest BCUT2D eigenvalue weighted by atomic mass is 19.4. The molecule has 5 heterocycles. The average molecular weight is 550 g/mol. The summed E-state index contributed by atoms with van der Waals surface area (Å²) in [6, 6.07) is 7.17. The van der Waals surface area contributed by atoms with Crippen molar-refractivity contribution < 1.29 is 22.7 Å². The molecule has 0 radical (unpaired) electrons. The molecule has 0 aliphatic carbocycles. The van der Waals surface area contributed by atoms with Gasteiger partial charge in [0.2, 0.25) is 5.95 Å². The first kappa shape index (κ1) is 25.9. The number of fused-ring (bicyclic) bond motifs is 3. The van der Waals surface area contributed by atoms with Crippen LogP contribution < -0.4 is 15.5 Å². The second kappa shape index (κ2) is 10.3. The Morgan fingerprint density at radius 1 is 1.12 bits per heavy atom. The fourth-order valence-electron chi connectivity index (χ4n) is 5.01. The first-order valence-corrected chi connectivity index (χ1v) is 13.0. The number of nitrogens with zero attached hydrogens (tertiary/aromatic N) is 5. The number of hydrogen-bond donors (Lipinski definition) is 2. The smallest absolute Gasteiger partial charge is 0.381 e. The average Bonchev–Trinajstić information content (AvgIpc) is 3.45. The van der Waals surface area contributed by atoms with Crippen LogP contribution in [0.25, 0.3) is 11.6 Å². The number of amides is 1. The van der Waals surface area contributed by atoms with Crippen LogP contribution in [0.3, 0.4) is 0 Å². The lowest BCUT2D eigenvalue weighted by Gasteiger charge is -2.29. The van der Waals surface area contributed by atoms with Crippen molar-refractivity contribution in [1.29, 1.82) is 0 Å². The Balaban J connectivity index is 1.29. The number of ether oxygens (including phenoxy) is 1. The molecular weight excluding hydrogens is 523 g/mol. The lowest BCUT2D eigenvalue weighted by atomic mass is 9.94. The number of rotatable bonds is 5. The monoisotopic (exact) mass is 549 g/mol. The van der Waals surface area contributed by atoms with E-state index in [2.05, 4.69) is 25.5 Å². The van der Waals surface area contributed by atoms with E-state index in [9.17, 15) is 18.0 Å². The molecule has 1 amide bonds. The summed E-state index contributed by atoms with van der Waals surface area (Å²) in [7, 11) is 0. The van der Waals surface area contributed by atoms with Crippen LogP contribution in [0.15, 0.2) is 47.7 Å². The van der Waals surface area contributed by atoms with Crippen LogP contribution in [-0.4, -0.2) is 59.0 Å². The third-order valence-corrected chi connectivity index (χ3v) is 7.09. The van der Waals surface area contributed by atoms with E-state index < -0.39 is 17.6 Å². The maximum atomic E-state index is 13.1. The van der Waals surface area contributed by atoms with Crippen molar-refractivity contribution in [3.05, 3.63) is 70.7 Å². The molecule has 1 saturated heterocycles. The number of hydrogen-bond acceptors (Lipinski definition) is 8. The van der Waals surface area contributed by atoms with Crippen molar-refractivity contribution in [2.75, 3.05) is 41.8 Å².